The molecule has 11 heavy (non-hydrogen) atoms. The number of nitriles is 1. The second-order valence-corrected chi connectivity index (χ2v) is 1.99. The number of benzene rings is 1. The number of nitrogens with one attached hydrogen (secondary N) is 1. The molecule has 0 spiro atoms. The summed E-state index contributed by atoms with van der Waals surface area (Å²) in [4.78, 5) is 0. The molecule has 0 radical (unpaired) electrons. The number of aliphatic hydroxyl groups excluding tert-OH is 1. The molecule has 1 aromatic carbocycles. The van der Waals surface area contributed by atoms with Gasteiger partial charge in [0, 0.05) is 0 Å². The maximum Gasteiger partial charge on any atom is 0.113 e. The van der Waals surface area contributed by atoms with Crippen molar-refractivity contribution in [3.8, 4) is 6.07 Å². The first-order valence-corrected chi connectivity index (χ1v) is 3.22. The number of anilines is 1. The molecule has 0 heterocycles. The number of hydrogen-bond acceptors (Lipinski definition) is 3. The van der Waals surface area contributed by atoms with Crippen LogP contribution >= 0.6 is 0 Å². The summed E-state index contributed by atoms with van der Waals surface area (Å²) in [6.45, 7) is -0.154. The number of rotatable bonds is 2. The monoisotopic (exact) mass is 148 g/mol. The molecule has 0 aliphatic rings. The van der Waals surface area contributed by atoms with Crippen molar-refractivity contribution in [2.75, 3.05) is 12.0 Å². The first kappa shape index (κ1) is 7.58. The van der Waals surface area contributed by atoms with Gasteiger partial charge in [0.05, 0.1) is 11.3 Å². The Bertz CT molecular complexity index is 278. The molecule has 0 aliphatic carbocycles. The molecule has 0 atom stereocenters. The zero-order chi connectivity index (χ0) is 8.10. The minimum atomic E-state index is -0.154. The largest absolute Gasteiger partial charge is 0.377 e. The van der Waals surface area contributed by atoms with Crippen molar-refractivity contribution in [3.05, 3.63) is 29.8 Å². The van der Waals surface area contributed by atoms with E-state index in [2.05, 4.69) is 5.32 Å². The number of nitrogens with zero attached hydrogens (tertiary/aromatic N) is 1. The van der Waals surface area contributed by atoms with E-state index >= 15 is 0 Å². The molecule has 0 bridgehead atoms. The van der Waals surface area contributed by atoms with E-state index in [9.17, 15) is 0 Å². The zero-order valence-electron chi connectivity index (χ0n) is 5.91. The van der Waals surface area contributed by atoms with E-state index in [0.717, 1.165) is 0 Å². The van der Waals surface area contributed by atoms with Gasteiger partial charge in [0.1, 0.15) is 12.8 Å². The highest BCUT2D eigenvalue weighted by Crippen LogP contribution is 2.12. The first-order valence-electron chi connectivity index (χ1n) is 3.22. The van der Waals surface area contributed by atoms with Crippen LogP contribution in [0.2, 0.25) is 0 Å². The molecular weight excluding hydrogens is 140 g/mol. The minimum Gasteiger partial charge on any atom is -0.377 e. The smallest absolute Gasteiger partial charge is 0.113 e. The van der Waals surface area contributed by atoms with Crippen LogP contribution in [0.4, 0.5) is 5.69 Å². The maximum atomic E-state index is 8.57. The molecule has 0 fully saturated rings. The highest BCUT2D eigenvalue weighted by molar-refractivity contribution is 5.56. The zero-order valence-corrected chi connectivity index (χ0v) is 5.91. The van der Waals surface area contributed by atoms with Crippen LogP contribution in [0.3, 0.4) is 0 Å². The SMILES string of the molecule is N#Cc1ccccc1NCO. The van der Waals surface area contributed by atoms with Crippen LogP contribution in [-0.4, -0.2) is 11.8 Å². The van der Waals surface area contributed by atoms with Crippen LogP contribution in [0, 0.1) is 11.3 Å². The summed E-state index contributed by atoms with van der Waals surface area (Å²) in [7, 11) is 0. The Kier molecular flexibility index (Phi) is 2.47. The molecule has 0 aromatic heterocycles. The third-order valence-corrected chi connectivity index (χ3v) is 1.32. The van der Waals surface area contributed by atoms with E-state index in [0.29, 0.717) is 11.3 Å². The summed E-state index contributed by atoms with van der Waals surface area (Å²) in [6.07, 6.45) is 0. The van der Waals surface area contributed by atoms with Gasteiger partial charge in [-0.3, -0.25) is 0 Å². The minimum absolute atomic E-state index is 0.154. The summed E-state index contributed by atoms with van der Waals surface area (Å²) in [5.74, 6) is 0. The fraction of sp³-hybridized carbons (Fsp3) is 0.125. The summed E-state index contributed by atoms with van der Waals surface area (Å²) in [6, 6.07) is 9.03. The van der Waals surface area contributed by atoms with Gasteiger partial charge in [0.25, 0.3) is 0 Å². The van der Waals surface area contributed by atoms with Crippen LogP contribution in [-0.2, 0) is 0 Å². The molecule has 3 nitrogen and oxygen atoms in total. The average Bonchev–Trinajstić information content (AvgIpc) is 2.06. The fourth-order valence-corrected chi connectivity index (χ4v) is 0.820. The normalized spacial score (nSPS) is 8.73. The Labute approximate surface area is 64.9 Å². The molecule has 1 rings (SSSR count). The molecule has 0 saturated carbocycles. The van der Waals surface area contributed by atoms with Crippen molar-refractivity contribution in [1.29, 1.82) is 5.26 Å². The summed E-state index contributed by atoms with van der Waals surface area (Å²) >= 11 is 0. The highest BCUT2D eigenvalue weighted by Gasteiger charge is 1.96. The van der Waals surface area contributed by atoms with Gasteiger partial charge in [-0.05, 0) is 12.1 Å². The van der Waals surface area contributed by atoms with Gasteiger partial charge in [-0.15, -0.1) is 0 Å². The van der Waals surface area contributed by atoms with Gasteiger partial charge in [-0.1, -0.05) is 12.1 Å². The van der Waals surface area contributed by atoms with E-state index in [-0.39, 0.29) is 6.73 Å². The van der Waals surface area contributed by atoms with E-state index < -0.39 is 0 Å². The quantitative estimate of drug-likeness (QED) is 0.613. The Morgan fingerprint density at radius 1 is 1.45 bits per heavy atom. The summed E-state index contributed by atoms with van der Waals surface area (Å²) < 4.78 is 0. The Balaban J connectivity index is 2.95. The Morgan fingerprint density at radius 2 is 2.18 bits per heavy atom. The second kappa shape index (κ2) is 3.59. The highest BCUT2D eigenvalue weighted by atomic mass is 16.3. The van der Waals surface area contributed by atoms with E-state index in [1.165, 1.54) is 0 Å². The van der Waals surface area contributed by atoms with Gasteiger partial charge in [-0.25, -0.2) is 0 Å². The molecule has 3 heteroatoms. The first-order chi connectivity index (χ1) is 5.38. The molecule has 0 aliphatic heterocycles. The lowest BCUT2D eigenvalue weighted by molar-refractivity contribution is 0.325. The van der Waals surface area contributed by atoms with E-state index in [1.807, 2.05) is 6.07 Å². The average molecular weight is 148 g/mol. The van der Waals surface area contributed by atoms with Gasteiger partial charge >= 0.3 is 0 Å². The van der Waals surface area contributed by atoms with Crippen LogP contribution in [0.15, 0.2) is 24.3 Å². The number of aliphatic hydroxyl groups is 1. The molecule has 2 N–H and O–H groups in total. The van der Waals surface area contributed by atoms with Crippen molar-refractivity contribution < 1.29 is 5.11 Å². The van der Waals surface area contributed by atoms with Gasteiger partial charge < -0.3 is 10.4 Å². The fourth-order valence-electron chi connectivity index (χ4n) is 0.820. The van der Waals surface area contributed by atoms with Gasteiger partial charge in [0.2, 0.25) is 0 Å². The molecule has 1 aromatic rings. The standard InChI is InChI=1S/C8H8N2O/c9-5-7-3-1-2-4-8(7)10-6-11/h1-4,10-11H,6H2. The third kappa shape index (κ3) is 1.69. The second-order valence-electron chi connectivity index (χ2n) is 1.99. The van der Waals surface area contributed by atoms with Crippen molar-refractivity contribution in [3.63, 3.8) is 0 Å². The molecule has 0 unspecified atom stereocenters. The summed E-state index contributed by atoms with van der Waals surface area (Å²) in [5, 5.41) is 19.8. The Morgan fingerprint density at radius 3 is 2.82 bits per heavy atom. The topological polar surface area (TPSA) is 56.0 Å². The maximum absolute atomic E-state index is 8.57. The van der Waals surface area contributed by atoms with Crippen LogP contribution < -0.4 is 5.32 Å². The third-order valence-electron chi connectivity index (χ3n) is 1.32. The molecular formula is C8H8N2O. The van der Waals surface area contributed by atoms with E-state index in [1.54, 1.807) is 24.3 Å². The molecule has 56 valence electrons. The van der Waals surface area contributed by atoms with Crippen LogP contribution in [0.5, 0.6) is 0 Å². The van der Waals surface area contributed by atoms with Crippen molar-refractivity contribution in [2.24, 2.45) is 0 Å². The molecule has 0 amide bonds. The number of hydrogen-bond donors (Lipinski definition) is 2. The Hall–Kier alpha value is -1.53. The van der Waals surface area contributed by atoms with Crippen molar-refractivity contribution in [2.45, 2.75) is 0 Å². The lowest BCUT2D eigenvalue weighted by Gasteiger charge is -2.02. The predicted molar refractivity (Wildman–Crippen MR) is 41.9 cm³/mol. The summed E-state index contributed by atoms with van der Waals surface area (Å²) in [5.41, 5.74) is 1.21. The van der Waals surface area contributed by atoms with E-state index in [4.69, 9.17) is 10.4 Å². The van der Waals surface area contributed by atoms with Crippen LogP contribution in [0.1, 0.15) is 5.56 Å². The van der Waals surface area contributed by atoms with Gasteiger partial charge in [-0.2, -0.15) is 5.26 Å². The predicted octanol–water partition coefficient (Wildman–Crippen LogP) is 0.920. The van der Waals surface area contributed by atoms with Crippen molar-refractivity contribution in [1.82, 2.24) is 0 Å². The lowest BCUT2D eigenvalue weighted by Crippen LogP contribution is -2.00. The van der Waals surface area contributed by atoms with Gasteiger partial charge in [0.15, 0.2) is 0 Å². The lowest BCUT2D eigenvalue weighted by atomic mass is 10.2. The number of para-hydroxylation sites is 1. The molecule has 0 saturated heterocycles. The van der Waals surface area contributed by atoms with Crippen LogP contribution in [0.25, 0.3) is 0 Å². The van der Waals surface area contributed by atoms with Crippen molar-refractivity contribution >= 4 is 5.69 Å².